The van der Waals surface area contributed by atoms with Crippen molar-refractivity contribution < 1.29 is 29.0 Å². The monoisotopic (exact) mass is 503 g/mol. The Hall–Kier alpha value is -1.44. The Bertz CT molecular complexity index is 550. The first-order valence-corrected chi connectivity index (χ1v) is 14.3. The zero-order valence-electron chi connectivity index (χ0n) is 22.0. The van der Waals surface area contributed by atoms with Crippen molar-refractivity contribution in [2.45, 2.75) is 129 Å². The van der Waals surface area contributed by atoms with E-state index in [0.717, 1.165) is 12.8 Å². The Labute approximate surface area is 211 Å². The fourth-order valence-corrected chi connectivity index (χ4v) is 4.23. The Kier molecular flexibility index (Phi) is 20.0. The van der Waals surface area contributed by atoms with Crippen LogP contribution in [0.5, 0.6) is 0 Å². The number of hydrogen-bond donors (Lipinski definition) is 2. The number of esters is 1. The third-order valence-corrected chi connectivity index (χ3v) is 6.27. The van der Waals surface area contributed by atoms with Crippen molar-refractivity contribution in [2.24, 2.45) is 0 Å². The average Bonchev–Trinajstić information content (AvgIpc) is 2.74. The SMILES string of the molecule is CCCCCCCCCCCCCCCC(=O)OCCSCC(NC(=O)OC(C)(C)C)C(=O)O. The van der Waals surface area contributed by atoms with Crippen LogP contribution in [0.4, 0.5) is 4.79 Å². The molecule has 0 aromatic carbocycles. The van der Waals surface area contributed by atoms with E-state index >= 15 is 0 Å². The molecule has 7 nitrogen and oxygen atoms in total. The van der Waals surface area contributed by atoms with Crippen LogP contribution in [-0.2, 0) is 19.1 Å². The number of carboxylic acid groups (broad SMARTS) is 1. The summed E-state index contributed by atoms with van der Waals surface area (Å²) in [4.78, 5) is 34.9. The molecule has 0 aromatic rings. The molecule has 0 spiro atoms. The summed E-state index contributed by atoms with van der Waals surface area (Å²) in [6.07, 6.45) is 16.1. The number of thioether (sulfide) groups is 1. The van der Waals surface area contributed by atoms with Gasteiger partial charge in [-0.1, -0.05) is 84.0 Å². The number of carbonyl (C=O) groups excluding carboxylic acids is 2. The van der Waals surface area contributed by atoms with E-state index in [0.29, 0.717) is 12.2 Å². The summed E-state index contributed by atoms with van der Waals surface area (Å²) in [7, 11) is 0. The van der Waals surface area contributed by atoms with Gasteiger partial charge in [-0.15, -0.1) is 0 Å². The number of hydrogen-bond acceptors (Lipinski definition) is 6. The largest absolute Gasteiger partial charge is 0.480 e. The summed E-state index contributed by atoms with van der Waals surface area (Å²) >= 11 is 1.31. The third-order valence-electron chi connectivity index (χ3n) is 5.25. The number of rotatable bonds is 21. The molecule has 200 valence electrons. The smallest absolute Gasteiger partial charge is 0.408 e. The van der Waals surface area contributed by atoms with Gasteiger partial charge in [-0.05, 0) is 27.2 Å². The van der Waals surface area contributed by atoms with Gasteiger partial charge in [0.1, 0.15) is 18.2 Å². The Morgan fingerprint density at radius 1 is 0.853 bits per heavy atom. The third kappa shape index (κ3) is 22.4. The predicted octanol–water partition coefficient (Wildman–Crippen LogP) is 6.72. The van der Waals surface area contributed by atoms with Crippen LogP contribution in [0.25, 0.3) is 0 Å². The van der Waals surface area contributed by atoms with Gasteiger partial charge in [-0.25, -0.2) is 9.59 Å². The van der Waals surface area contributed by atoms with Crippen molar-refractivity contribution in [3.8, 4) is 0 Å². The lowest BCUT2D eigenvalue weighted by molar-refractivity contribution is -0.143. The lowest BCUT2D eigenvalue weighted by Gasteiger charge is -2.21. The topological polar surface area (TPSA) is 102 Å². The van der Waals surface area contributed by atoms with Crippen molar-refractivity contribution >= 4 is 29.8 Å². The average molecular weight is 504 g/mol. The molecule has 8 heteroatoms. The fraction of sp³-hybridized carbons (Fsp3) is 0.885. The highest BCUT2D eigenvalue weighted by Gasteiger charge is 2.23. The molecule has 0 aliphatic rings. The lowest BCUT2D eigenvalue weighted by atomic mass is 10.0. The van der Waals surface area contributed by atoms with Gasteiger partial charge >= 0.3 is 18.0 Å². The molecule has 0 radical (unpaired) electrons. The predicted molar refractivity (Wildman–Crippen MR) is 139 cm³/mol. The molecule has 2 N–H and O–H groups in total. The number of unbranched alkanes of at least 4 members (excludes halogenated alkanes) is 12. The number of alkyl carbamates (subject to hydrolysis) is 1. The minimum Gasteiger partial charge on any atom is -0.480 e. The Balaban J connectivity index is 3.61. The van der Waals surface area contributed by atoms with Crippen molar-refractivity contribution in [2.75, 3.05) is 18.1 Å². The summed E-state index contributed by atoms with van der Waals surface area (Å²) in [5.74, 6) is -0.683. The van der Waals surface area contributed by atoms with Gasteiger partial charge in [0.15, 0.2) is 0 Å². The van der Waals surface area contributed by atoms with Gasteiger partial charge in [0, 0.05) is 17.9 Å². The minimum absolute atomic E-state index is 0.172. The summed E-state index contributed by atoms with van der Waals surface area (Å²) in [5, 5.41) is 11.6. The molecule has 1 atom stereocenters. The van der Waals surface area contributed by atoms with Crippen molar-refractivity contribution in [1.82, 2.24) is 5.32 Å². The van der Waals surface area contributed by atoms with Gasteiger partial charge in [0.05, 0.1) is 0 Å². The van der Waals surface area contributed by atoms with Gasteiger partial charge < -0.3 is 19.9 Å². The van der Waals surface area contributed by atoms with Crippen molar-refractivity contribution in [3.63, 3.8) is 0 Å². The number of amides is 1. The first-order valence-electron chi connectivity index (χ1n) is 13.1. The van der Waals surface area contributed by atoms with Crippen LogP contribution < -0.4 is 5.32 Å². The van der Waals surface area contributed by atoms with Crippen LogP contribution >= 0.6 is 11.8 Å². The standard InChI is InChI=1S/C26H49NO6S/c1-5-6-7-8-9-10-11-12-13-14-15-16-17-18-23(28)32-19-20-34-21-22(24(29)30)27-25(31)33-26(2,3)4/h22H,5-21H2,1-4H3,(H,27,31)(H,29,30). The molecule has 0 saturated heterocycles. The van der Waals surface area contributed by atoms with Gasteiger partial charge in [0.25, 0.3) is 0 Å². The highest BCUT2D eigenvalue weighted by Crippen LogP contribution is 2.13. The minimum atomic E-state index is -1.13. The van der Waals surface area contributed by atoms with Crippen molar-refractivity contribution in [3.05, 3.63) is 0 Å². The van der Waals surface area contributed by atoms with E-state index in [1.165, 1.54) is 82.4 Å². The molecular formula is C26H49NO6S. The molecule has 1 amide bonds. The summed E-state index contributed by atoms with van der Waals surface area (Å²) < 4.78 is 10.3. The van der Waals surface area contributed by atoms with E-state index in [-0.39, 0.29) is 18.3 Å². The molecular weight excluding hydrogens is 454 g/mol. The molecule has 0 bridgehead atoms. The molecule has 1 unspecified atom stereocenters. The van der Waals surface area contributed by atoms with E-state index in [1.54, 1.807) is 20.8 Å². The second-order valence-electron chi connectivity index (χ2n) is 9.83. The summed E-state index contributed by atoms with van der Waals surface area (Å²) in [6, 6.07) is -1.05. The van der Waals surface area contributed by atoms with E-state index < -0.39 is 23.7 Å². The molecule has 0 heterocycles. The zero-order chi connectivity index (χ0) is 25.7. The van der Waals surface area contributed by atoms with Gasteiger partial charge in [0.2, 0.25) is 0 Å². The summed E-state index contributed by atoms with van der Waals surface area (Å²) in [6.45, 7) is 7.62. The highest BCUT2D eigenvalue weighted by atomic mass is 32.2. The normalized spacial score (nSPS) is 12.2. The molecule has 0 aliphatic heterocycles. The van der Waals surface area contributed by atoms with Crippen LogP contribution in [0, 0.1) is 0 Å². The number of aliphatic carboxylic acids is 1. The maximum absolute atomic E-state index is 11.8. The molecule has 0 aromatic heterocycles. The number of carbonyl (C=O) groups is 3. The maximum Gasteiger partial charge on any atom is 0.408 e. The van der Waals surface area contributed by atoms with Crippen LogP contribution in [-0.4, -0.2) is 52.9 Å². The molecule has 34 heavy (non-hydrogen) atoms. The number of nitrogens with one attached hydrogen (secondary N) is 1. The van der Waals surface area contributed by atoms with Crippen molar-refractivity contribution in [1.29, 1.82) is 0 Å². The second-order valence-corrected chi connectivity index (χ2v) is 11.0. The first-order chi connectivity index (χ1) is 16.2. The number of carboxylic acids is 1. The zero-order valence-corrected chi connectivity index (χ0v) is 22.8. The van der Waals surface area contributed by atoms with E-state index in [9.17, 15) is 19.5 Å². The maximum atomic E-state index is 11.8. The van der Waals surface area contributed by atoms with E-state index in [2.05, 4.69) is 12.2 Å². The lowest BCUT2D eigenvalue weighted by Crippen LogP contribution is -2.45. The molecule has 0 rings (SSSR count). The molecule has 0 aliphatic carbocycles. The fourth-order valence-electron chi connectivity index (χ4n) is 3.40. The van der Waals surface area contributed by atoms with Gasteiger partial charge in [-0.2, -0.15) is 11.8 Å². The summed E-state index contributed by atoms with van der Waals surface area (Å²) in [5.41, 5.74) is -0.693. The van der Waals surface area contributed by atoms with Crippen LogP contribution in [0.15, 0.2) is 0 Å². The molecule has 0 fully saturated rings. The molecule has 0 saturated carbocycles. The Morgan fingerprint density at radius 2 is 1.35 bits per heavy atom. The van der Waals surface area contributed by atoms with Crippen LogP contribution in [0.2, 0.25) is 0 Å². The van der Waals surface area contributed by atoms with E-state index in [4.69, 9.17) is 9.47 Å². The second kappa shape index (κ2) is 20.9. The first kappa shape index (κ1) is 32.6. The van der Waals surface area contributed by atoms with E-state index in [1.807, 2.05) is 0 Å². The Morgan fingerprint density at radius 3 is 1.82 bits per heavy atom. The number of ether oxygens (including phenoxy) is 2. The highest BCUT2D eigenvalue weighted by molar-refractivity contribution is 7.99. The van der Waals surface area contributed by atoms with Gasteiger partial charge in [-0.3, -0.25) is 4.79 Å². The quantitative estimate of drug-likeness (QED) is 0.132. The van der Waals surface area contributed by atoms with Crippen LogP contribution in [0.3, 0.4) is 0 Å². The van der Waals surface area contributed by atoms with Crippen LogP contribution in [0.1, 0.15) is 118 Å².